The van der Waals surface area contributed by atoms with Gasteiger partial charge in [0.05, 0.1) is 22.4 Å². The van der Waals surface area contributed by atoms with Gasteiger partial charge < -0.3 is 20.3 Å². The number of carbonyl (C=O) groups is 4. The summed E-state index contributed by atoms with van der Waals surface area (Å²) in [4.78, 5) is 65.8. The molecule has 4 fully saturated rings. The lowest BCUT2D eigenvalue weighted by molar-refractivity contribution is -0.144. The number of sulfonamides is 1. The number of rotatable bonds is 13. The second-order valence-corrected chi connectivity index (χ2v) is 17.3. The monoisotopic (exact) mass is 698 g/mol. The van der Waals surface area contributed by atoms with Crippen LogP contribution in [0.15, 0.2) is 42.4 Å². The maximum absolute atomic E-state index is 14.3. The highest BCUT2D eigenvalue weighted by molar-refractivity contribution is 7.91. The number of hydrogen-bond acceptors (Lipinski definition) is 10. The zero-order valence-corrected chi connectivity index (χ0v) is 28.9. The number of carbonyl (C=O) groups excluding carboxylic acids is 4. The summed E-state index contributed by atoms with van der Waals surface area (Å²) in [6.07, 6.45) is 5.84. The van der Waals surface area contributed by atoms with Gasteiger partial charge >= 0.3 is 6.01 Å². The normalized spacial score (nSPS) is 25.9. The number of ether oxygens (including phenoxy) is 1. The van der Waals surface area contributed by atoms with Gasteiger partial charge in [-0.1, -0.05) is 32.9 Å². The Balaban J connectivity index is 1.25. The van der Waals surface area contributed by atoms with Crippen molar-refractivity contribution in [2.45, 2.75) is 94.7 Å². The number of hydrogen-bond donors (Lipinski definition) is 3. The van der Waals surface area contributed by atoms with Crippen molar-refractivity contribution in [3.8, 4) is 16.6 Å². The molecule has 0 unspecified atom stereocenters. The van der Waals surface area contributed by atoms with Crippen LogP contribution in [0.2, 0.25) is 0 Å². The number of nitrogens with zero attached hydrogens (tertiary/aromatic N) is 3. The molecule has 3 N–H and O–H groups in total. The summed E-state index contributed by atoms with van der Waals surface area (Å²) in [6.45, 7) is 9.28. The molecular formula is C33H42N6O7S2. The van der Waals surface area contributed by atoms with Crippen LogP contribution >= 0.6 is 11.3 Å². The zero-order chi connectivity index (χ0) is 34.4. The highest BCUT2D eigenvalue weighted by Gasteiger charge is 2.62. The smallest absolute Gasteiger partial charge is 0.317 e. The number of aromatic nitrogens is 2. The standard InChI is InChI=1S/C33H42N6O7S2/c1-5-20-17-33(20,30(43)38-48(44,45)22-10-11-22)37-28(41)24-16-21(46-31-34-13-12-23(35-31)25-7-6-14-47-25)18-39(24)29(42)27(32(2,3)4)36-26(40)15-19-8-9-19/h5-7,12-14,19-22,24,27H,1,8-11,15-18H2,2-4H3,(H,36,40)(H,37,41)(H,38,43)/t20-,21+,24-,27+,33+/m0/s1. The van der Waals surface area contributed by atoms with Gasteiger partial charge in [-0.15, -0.1) is 17.9 Å². The maximum atomic E-state index is 14.3. The SMILES string of the molecule is C=C[C@H]1C[C@]1(NC(=O)[C@@H]1C[C@@H](Oc2nccc(-c3cccs3)n2)CN1C(=O)[C@@H](NC(=O)CC1CC1)C(C)(C)C)C(=O)NS(=O)(=O)C1CC1. The molecule has 0 radical (unpaired) electrons. The maximum Gasteiger partial charge on any atom is 0.317 e. The van der Waals surface area contributed by atoms with Gasteiger partial charge in [0.2, 0.25) is 27.7 Å². The van der Waals surface area contributed by atoms with Gasteiger partial charge in [0.15, 0.2) is 0 Å². The molecule has 6 rings (SSSR count). The fourth-order valence-electron chi connectivity index (χ4n) is 6.12. The van der Waals surface area contributed by atoms with Gasteiger partial charge in [-0.2, -0.15) is 4.98 Å². The van der Waals surface area contributed by atoms with Gasteiger partial charge in [-0.25, -0.2) is 13.4 Å². The third-order valence-electron chi connectivity index (χ3n) is 9.37. The molecule has 13 nitrogen and oxygen atoms in total. The van der Waals surface area contributed by atoms with Crippen LogP contribution in [0.25, 0.3) is 10.6 Å². The highest BCUT2D eigenvalue weighted by atomic mass is 32.2. The Morgan fingerprint density at radius 2 is 1.94 bits per heavy atom. The Labute approximate surface area is 284 Å². The van der Waals surface area contributed by atoms with E-state index in [0.717, 1.165) is 17.7 Å². The molecule has 1 aliphatic heterocycles. The second-order valence-electron chi connectivity index (χ2n) is 14.4. The Morgan fingerprint density at radius 1 is 1.19 bits per heavy atom. The van der Waals surface area contributed by atoms with E-state index in [1.54, 1.807) is 12.3 Å². The predicted molar refractivity (Wildman–Crippen MR) is 178 cm³/mol. The predicted octanol–water partition coefficient (Wildman–Crippen LogP) is 2.55. The topological polar surface area (TPSA) is 177 Å². The van der Waals surface area contributed by atoms with Gasteiger partial charge in [0.1, 0.15) is 23.7 Å². The Hall–Kier alpha value is -3.85. The molecule has 2 aromatic heterocycles. The third kappa shape index (κ3) is 7.41. The van der Waals surface area contributed by atoms with Crippen LogP contribution in [0.1, 0.15) is 65.7 Å². The Bertz CT molecular complexity index is 1700. The van der Waals surface area contributed by atoms with Crippen LogP contribution in [0.5, 0.6) is 6.01 Å². The molecule has 15 heteroatoms. The van der Waals surface area contributed by atoms with Crippen LogP contribution in [-0.2, 0) is 29.2 Å². The minimum absolute atomic E-state index is 0.00523. The van der Waals surface area contributed by atoms with Crippen molar-refractivity contribution in [2.75, 3.05) is 6.54 Å². The first-order valence-corrected chi connectivity index (χ1v) is 18.8. The molecule has 3 aliphatic carbocycles. The summed E-state index contributed by atoms with van der Waals surface area (Å²) in [6, 6.07) is 3.64. The minimum Gasteiger partial charge on any atom is -0.458 e. The second kappa shape index (κ2) is 12.9. The first-order valence-electron chi connectivity index (χ1n) is 16.3. The molecule has 0 aromatic carbocycles. The summed E-state index contributed by atoms with van der Waals surface area (Å²) < 4.78 is 33.5. The van der Waals surface area contributed by atoms with Crippen molar-refractivity contribution in [1.82, 2.24) is 30.2 Å². The molecular weight excluding hydrogens is 657 g/mol. The van der Waals surface area contributed by atoms with Crippen molar-refractivity contribution in [3.63, 3.8) is 0 Å². The summed E-state index contributed by atoms with van der Waals surface area (Å²) in [5.74, 6) is -2.33. The van der Waals surface area contributed by atoms with Gasteiger partial charge in [-0.3, -0.25) is 23.9 Å². The Kier molecular flexibility index (Phi) is 9.13. The van der Waals surface area contributed by atoms with Crippen LogP contribution in [-0.4, -0.2) is 82.4 Å². The molecule has 5 atom stereocenters. The lowest BCUT2D eigenvalue weighted by atomic mass is 9.85. The summed E-state index contributed by atoms with van der Waals surface area (Å²) in [7, 11) is -3.87. The van der Waals surface area contributed by atoms with E-state index in [1.807, 2.05) is 38.3 Å². The van der Waals surface area contributed by atoms with E-state index in [4.69, 9.17) is 4.74 Å². The summed E-state index contributed by atoms with van der Waals surface area (Å²) in [5, 5.41) is 7.02. The fourth-order valence-corrected chi connectivity index (χ4v) is 8.18. The van der Waals surface area contributed by atoms with E-state index in [0.29, 0.717) is 30.9 Å². The molecule has 4 aliphatic rings. The van der Waals surface area contributed by atoms with Crippen molar-refractivity contribution in [2.24, 2.45) is 17.3 Å². The van der Waals surface area contributed by atoms with E-state index in [9.17, 15) is 27.6 Å². The molecule has 0 bridgehead atoms. The number of nitrogens with one attached hydrogen (secondary N) is 3. The third-order valence-corrected chi connectivity index (χ3v) is 12.1. The molecule has 258 valence electrons. The van der Waals surface area contributed by atoms with E-state index in [2.05, 4.69) is 31.9 Å². The van der Waals surface area contributed by atoms with Crippen LogP contribution in [0, 0.1) is 17.3 Å². The lowest BCUT2D eigenvalue weighted by Crippen LogP contribution is -2.60. The highest BCUT2D eigenvalue weighted by Crippen LogP contribution is 2.45. The first kappa shape index (κ1) is 34.0. The van der Waals surface area contributed by atoms with Crippen LogP contribution < -0.4 is 20.1 Å². The number of likely N-dealkylation sites (tertiary alicyclic amines) is 1. The summed E-state index contributed by atoms with van der Waals surface area (Å²) >= 11 is 1.51. The van der Waals surface area contributed by atoms with E-state index in [-0.39, 0.29) is 31.3 Å². The average molecular weight is 699 g/mol. The molecule has 48 heavy (non-hydrogen) atoms. The van der Waals surface area contributed by atoms with Gasteiger partial charge in [-0.05, 0) is 60.9 Å². The number of amides is 4. The van der Waals surface area contributed by atoms with Crippen LogP contribution in [0.4, 0.5) is 0 Å². The molecule has 1 saturated heterocycles. The van der Waals surface area contributed by atoms with Crippen molar-refractivity contribution in [3.05, 3.63) is 42.4 Å². The first-order chi connectivity index (χ1) is 22.7. The van der Waals surface area contributed by atoms with Gasteiger partial charge in [0.25, 0.3) is 5.91 Å². The van der Waals surface area contributed by atoms with Crippen molar-refractivity contribution < 1.29 is 32.3 Å². The quantitative estimate of drug-likeness (QED) is 0.266. The molecule has 4 amide bonds. The van der Waals surface area contributed by atoms with Crippen molar-refractivity contribution in [1.29, 1.82) is 0 Å². The minimum atomic E-state index is -3.87. The summed E-state index contributed by atoms with van der Waals surface area (Å²) in [5.41, 5.74) is -1.55. The fraction of sp³-hybridized carbons (Fsp3) is 0.576. The van der Waals surface area contributed by atoms with Crippen LogP contribution in [0.3, 0.4) is 0 Å². The molecule has 0 spiro atoms. The zero-order valence-electron chi connectivity index (χ0n) is 27.3. The van der Waals surface area contributed by atoms with E-state index in [1.165, 1.54) is 22.3 Å². The molecule has 2 aromatic rings. The molecule has 3 saturated carbocycles. The van der Waals surface area contributed by atoms with Gasteiger partial charge in [0, 0.05) is 25.0 Å². The van der Waals surface area contributed by atoms with E-state index >= 15 is 0 Å². The number of thiophene rings is 1. The Morgan fingerprint density at radius 3 is 2.54 bits per heavy atom. The van der Waals surface area contributed by atoms with Crippen molar-refractivity contribution >= 4 is 45.0 Å². The largest absolute Gasteiger partial charge is 0.458 e. The lowest BCUT2D eigenvalue weighted by Gasteiger charge is -2.35. The molecule has 3 heterocycles. The average Bonchev–Trinajstić information content (AvgIpc) is 3.98. The van der Waals surface area contributed by atoms with E-state index < -0.39 is 68.1 Å².